The lowest BCUT2D eigenvalue weighted by Gasteiger charge is -2.20. The van der Waals surface area contributed by atoms with Crippen LogP contribution in [0.5, 0.6) is 0 Å². The lowest BCUT2D eigenvalue weighted by Crippen LogP contribution is -2.34. The molecule has 0 spiro atoms. The van der Waals surface area contributed by atoms with Crippen molar-refractivity contribution in [1.29, 1.82) is 0 Å². The van der Waals surface area contributed by atoms with Crippen LogP contribution < -0.4 is 10.6 Å². The molecule has 1 aromatic rings. The first kappa shape index (κ1) is 14.0. The topological polar surface area (TPSA) is 71.1 Å². The fourth-order valence-corrected chi connectivity index (χ4v) is 2.82. The maximum atomic E-state index is 11.8. The highest BCUT2D eigenvalue weighted by Crippen LogP contribution is 2.23. The summed E-state index contributed by atoms with van der Waals surface area (Å²) in [6, 6.07) is 0. The Bertz CT molecular complexity index is 414. The minimum atomic E-state index is -0.112. The third kappa shape index (κ3) is 4.63. The molecule has 1 aliphatic carbocycles. The highest BCUT2D eigenvalue weighted by molar-refractivity contribution is 7.13. The van der Waals surface area contributed by atoms with Crippen LogP contribution in [0.1, 0.15) is 38.5 Å². The van der Waals surface area contributed by atoms with Gasteiger partial charge in [0.05, 0.1) is 0 Å². The fraction of sp³-hybridized carbons (Fsp3) is 0.615. The summed E-state index contributed by atoms with van der Waals surface area (Å²) in [5, 5.41) is 7.95. The predicted molar refractivity (Wildman–Crippen MR) is 74.9 cm³/mol. The van der Waals surface area contributed by atoms with Crippen LogP contribution in [0.3, 0.4) is 0 Å². The first-order valence-electron chi connectivity index (χ1n) is 6.73. The molecule has 6 heteroatoms. The highest BCUT2D eigenvalue weighted by Gasteiger charge is 2.20. The molecule has 2 rings (SSSR count). The number of carbonyl (C=O) groups excluding carboxylic acids is 2. The first-order chi connectivity index (χ1) is 9.25. The average Bonchev–Trinajstić information content (AvgIpc) is 2.92. The van der Waals surface area contributed by atoms with Crippen LogP contribution in [0.4, 0.5) is 5.13 Å². The molecule has 2 N–H and O–H groups in total. The van der Waals surface area contributed by atoms with Gasteiger partial charge in [-0.25, -0.2) is 4.98 Å². The number of amides is 2. The molecule has 1 aromatic heterocycles. The molecule has 1 fully saturated rings. The van der Waals surface area contributed by atoms with Gasteiger partial charge >= 0.3 is 0 Å². The van der Waals surface area contributed by atoms with Gasteiger partial charge < -0.3 is 10.6 Å². The largest absolute Gasteiger partial charge is 0.355 e. The number of rotatable bonds is 5. The number of nitrogens with zero attached hydrogens (tertiary/aromatic N) is 1. The van der Waals surface area contributed by atoms with Gasteiger partial charge in [-0.3, -0.25) is 9.59 Å². The second kappa shape index (κ2) is 7.23. The van der Waals surface area contributed by atoms with E-state index in [0.29, 0.717) is 11.7 Å². The van der Waals surface area contributed by atoms with Crippen LogP contribution >= 0.6 is 11.3 Å². The summed E-state index contributed by atoms with van der Waals surface area (Å²) < 4.78 is 0. The molecule has 0 atom stereocenters. The van der Waals surface area contributed by atoms with E-state index in [1.807, 2.05) is 0 Å². The molecule has 1 saturated carbocycles. The summed E-state index contributed by atoms with van der Waals surface area (Å²) in [6.45, 7) is 0.395. The van der Waals surface area contributed by atoms with Crippen molar-refractivity contribution in [2.24, 2.45) is 5.92 Å². The Morgan fingerprint density at radius 1 is 1.32 bits per heavy atom. The number of carbonyl (C=O) groups is 2. The Balaban J connectivity index is 1.62. The van der Waals surface area contributed by atoms with Crippen molar-refractivity contribution in [2.45, 2.75) is 38.5 Å². The van der Waals surface area contributed by atoms with Crippen LogP contribution in [0.2, 0.25) is 0 Å². The molecule has 0 radical (unpaired) electrons. The van der Waals surface area contributed by atoms with Crippen LogP contribution in [0, 0.1) is 5.92 Å². The number of anilines is 1. The van der Waals surface area contributed by atoms with E-state index in [4.69, 9.17) is 0 Å². The average molecular weight is 281 g/mol. The third-order valence-electron chi connectivity index (χ3n) is 3.31. The van der Waals surface area contributed by atoms with E-state index in [9.17, 15) is 9.59 Å². The van der Waals surface area contributed by atoms with E-state index < -0.39 is 0 Å². The highest BCUT2D eigenvalue weighted by atomic mass is 32.1. The Kier molecular flexibility index (Phi) is 5.32. The second-order valence-corrected chi connectivity index (χ2v) is 5.66. The summed E-state index contributed by atoms with van der Waals surface area (Å²) in [4.78, 5) is 27.4. The first-order valence-corrected chi connectivity index (χ1v) is 7.61. The molecule has 0 bridgehead atoms. The smallest absolute Gasteiger partial charge is 0.227 e. The quantitative estimate of drug-likeness (QED) is 0.869. The van der Waals surface area contributed by atoms with E-state index in [-0.39, 0.29) is 24.2 Å². The number of aromatic nitrogens is 1. The summed E-state index contributed by atoms with van der Waals surface area (Å²) in [5.74, 6) is 0.136. The standard InChI is InChI=1S/C13H19N3O2S/c17-11(16-13-15-8-9-19-13)6-7-14-12(18)10-4-2-1-3-5-10/h8-10H,1-7H2,(H,14,18)(H,15,16,17). The van der Waals surface area contributed by atoms with Gasteiger partial charge in [-0.2, -0.15) is 0 Å². The Labute approximate surface area is 116 Å². The number of thiazole rings is 1. The monoisotopic (exact) mass is 281 g/mol. The van der Waals surface area contributed by atoms with Gasteiger partial charge in [0.15, 0.2) is 5.13 Å². The molecular formula is C13H19N3O2S. The minimum Gasteiger partial charge on any atom is -0.355 e. The van der Waals surface area contributed by atoms with Crippen molar-refractivity contribution in [1.82, 2.24) is 10.3 Å². The zero-order valence-electron chi connectivity index (χ0n) is 10.9. The van der Waals surface area contributed by atoms with Crippen LogP contribution in [0.15, 0.2) is 11.6 Å². The zero-order valence-corrected chi connectivity index (χ0v) is 11.7. The van der Waals surface area contributed by atoms with Gasteiger partial charge in [0.25, 0.3) is 0 Å². The summed E-state index contributed by atoms with van der Waals surface area (Å²) in [5.41, 5.74) is 0. The lowest BCUT2D eigenvalue weighted by atomic mass is 9.89. The van der Waals surface area contributed by atoms with Crippen LogP contribution in [0.25, 0.3) is 0 Å². The molecule has 104 valence electrons. The molecule has 0 unspecified atom stereocenters. The molecule has 5 nitrogen and oxygen atoms in total. The third-order valence-corrected chi connectivity index (χ3v) is 3.99. The van der Waals surface area contributed by atoms with Gasteiger partial charge in [0.2, 0.25) is 11.8 Å². The molecule has 1 heterocycles. The van der Waals surface area contributed by atoms with Gasteiger partial charge in [-0.05, 0) is 12.8 Å². The van der Waals surface area contributed by atoms with E-state index in [1.165, 1.54) is 17.8 Å². The predicted octanol–water partition coefficient (Wildman–Crippen LogP) is 2.17. The van der Waals surface area contributed by atoms with Crippen molar-refractivity contribution in [2.75, 3.05) is 11.9 Å². The van der Waals surface area contributed by atoms with Crippen LogP contribution in [-0.4, -0.2) is 23.3 Å². The van der Waals surface area contributed by atoms with Crippen molar-refractivity contribution in [3.8, 4) is 0 Å². The normalized spacial score (nSPS) is 16.0. The van der Waals surface area contributed by atoms with Crippen molar-refractivity contribution in [3.05, 3.63) is 11.6 Å². The summed E-state index contributed by atoms with van der Waals surface area (Å²) in [6.07, 6.45) is 7.42. The van der Waals surface area contributed by atoms with Gasteiger partial charge in [0.1, 0.15) is 0 Å². The lowest BCUT2D eigenvalue weighted by molar-refractivity contribution is -0.126. The van der Waals surface area contributed by atoms with Crippen LogP contribution in [-0.2, 0) is 9.59 Å². The van der Waals surface area contributed by atoms with Crippen molar-refractivity contribution < 1.29 is 9.59 Å². The van der Waals surface area contributed by atoms with E-state index in [0.717, 1.165) is 25.7 Å². The Morgan fingerprint density at radius 3 is 2.79 bits per heavy atom. The number of hydrogen-bond acceptors (Lipinski definition) is 4. The van der Waals surface area contributed by atoms with E-state index in [1.54, 1.807) is 11.6 Å². The van der Waals surface area contributed by atoms with E-state index >= 15 is 0 Å². The Morgan fingerprint density at radius 2 is 2.11 bits per heavy atom. The molecule has 0 saturated heterocycles. The SMILES string of the molecule is O=C(CCNC(=O)C1CCCCC1)Nc1nccs1. The maximum absolute atomic E-state index is 11.8. The molecule has 2 amide bonds. The molecule has 0 aliphatic heterocycles. The van der Waals surface area contributed by atoms with Crippen molar-refractivity contribution >= 4 is 28.3 Å². The molecule has 19 heavy (non-hydrogen) atoms. The van der Waals surface area contributed by atoms with Crippen molar-refractivity contribution in [3.63, 3.8) is 0 Å². The summed E-state index contributed by atoms with van der Waals surface area (Å²) in [7, 11) is 0. The number of nitrogens with one attached hydrogen (secondary N) is 2. The van der Waals surface area contributed by atoms with Gasteiger partial charge in [-0.15, -0.1) is 11.3 Å². The maximum Gasteiger partial charge on any atom is 0.227 e. The minimum absolute atomic E-state index is 0.0988. The molecule has 0 aromatic carbocycles. The zero-order chi connectivity index (χ0) is 13.5. The molecular weight excluding hydrogens is 262 g/mol. The summed E-state index contributed by atoms with van der Waals surface area (Å²) >= 11 is 1.38. The van der Waals surface area contributed by atoms with Gasteiger partial charge in [0, 0.05) is 30.5 Å². The fourth-order valence-electron chi connectivity index (χ4n) is 2.28. The molecule has 1 aliphatic rings. The Hall–Kier alpha value is -1.43. The second-order valence-electron chi connectivity index (χ2n) is 4.76. The number of hydrogen-bond donors (Lipinski definition) is 2. The van der Waals surface area contributed by atoms with Gasteiger partial charge in [-0.1, -0.05) is 19.3 Å². The van der Waals surface area contributed by atoms with E-state index in [2.05, 4.69) is 15.6 Å².